The quantitative estimate of drug-likeness (QED) is 0.664. The van der Waals surface area contributed by atoms with Crippen LogP contribution in [-0.4, -0.2) is 50.5 Å². The van der Waals surface area contributed by atoms with Gasteiger partial charge in [0.25, 0.3) is 0 Å². The lowest BCUT2D eigenvalue weighted by Gasteiger charge is -2.27. The van der Waals surface area contributed by atoms with Gasteiger partial charge in [0.05, 0.1) is 25.1 Å². The molecule has 1 saturated heterocycles. The van der Waals surface area contributed by atoms with Gasteiger partial charge in [-0.2, -0.15) is 11.8 Å². The highest BCUT2D eigenvalue weighted by Crippen LogP contribution is 2.19. The van der Waals surface area contributed by atoms with Crippen LogP contribution in [0.4, 0.5) is 0 Å². The van der Waals surface area contributed by atoms with Crippen molar-refractivity contribution in [3.05, 3.63) is 0 Å². The number of nitrogens with one attached hydrogen (secondary N) is 1. The highest BCUT2D eigenvalue weighted by molar-refractivity contribution is 8.00. The zero-order chi connectivity index (χ0) is 9.52. The van der Waals surface area contributed by atoms with Crippen molar-refractivity contribution in [3.8, 4) is 0 Å². The van der Waals surface area contributed by atoms with Crippen LogP contribution in [0.1, 0.15) is 6.92 Å². The van der Waals surface area contributed by atoms with Crippen molar-refractivity contribution in [2.45, 2.75) is 18.2 Å². The van der Waals surface area contributed by atoms with Crippen LogP contribution in [0.5, 0.6) is 0 Å². The molecule has 0 saturated carbocycles. The lowest BCUT2D eigenvalue weighted by Crippen LogP contribution is -2.38. The second kappa shape index (κ2) is 6.65. The van der Waals surface area contributed by atoms with E-state index in [1.165, 1.54) is 0 Å². The van der Waals surface area contributed by atoms with Gasteiger partial charge in [0.1, 0.15) is 0 Å². The van der Waals surface area contributed by atoms with Crippen molar-refractivity contribution in [2.24, 2.45) is 0 Å². The summed E-state index contributed by atoms with van der Waals surface area (Å²) in [4.78, 5) is 0. The normalized spacial score (nSPS) is 19.8. The van der Waals surface area contributed by atoms with Crippen molar-refractivity contribution in [1.29, 1.82) is 0 Å². The van der Waals surface area contributed by atoms with Crippen molar-refractivity contribution in [2.75, 3.05) is 39.2 Å². The van der Waals surface area contributed by atoms with E-state index in [2.05, 4.69) is 12.2 Å². The second-order valence-corrected chi connectivity index (χ2v) is 4.54. The number of ether oxygens (including phenoxy) is 2. The molecule has 13 heavy (non-hydrogen) atoms. The largest absolute Gasteiger partial charge is 0.383 e. The first-order chi connectivity index (χ1) is 6.36. The van der Waals surface area contributed by atoms with Crippen LogP contribution in [0.15, 0.2) is 0 Å². The molecule has 1 fully saturated rings. The Morgan fingerprint density at radius 3 is 2.85 bits per heavy atom. The number of thioether (sulfide) groups is 1. The Labute approximate surface area is 84.6 Å². The van der Waals surface area contributed by atoms with Crippen LogP contribution >= 0.6 is 11.8 Å². The molecule has 1 rings (SSSR count). The lowest BCUT2D eigenvalue weighted by molar-refractivity contribution is 0.0454. The highest BCUT2D eigenvalue weighted by Gasteiger charge is 2.20. The molecule has 0 radical (unpaired) electrons. The average Bonchev–Trinajstić information content (AvgIpc) is 2.02. The average molecular weight is 205 g/mol. The van der Waals surface area contributed by atoms with E-state index in [-0.39, 0.29) is 0 Å². The van der Waals surface area contributed by atoms with Gasteiger partial charge in [0.15, 0.2) is 0 Å². The van der Waals surface area contributed by atoms with Crippen LogP contribution in [0, 0.1) is 0 Å². The van der Waals surface area contributed by atoms with Gasteiger partial charge >= 0.3 is 0 Å². The molecule has 0 aromatic rings. The summed E-state index contributed by atoms with van der Waals surface area (Å²) in [6.07, 6.45) is 0. The molecule has 3 nitrogen and oxygen atoms in total. The maximum atomic E-state index is 5.13. The van der Waals surface area contributed by atoms with Crippen molar-refractivity contribution < 1.29 is 9.47 Å². The SMILES string of the molecule is CCNC(COC)CSC1COC1. The van der Waals surface area contributed by atoms with E-state index < -0.39 is 0 Å². The molecule has 0 spiro atoms. The number of hydrogen-bond acceptors (Lipinski definition) is 4. The minimum absolute atomic E-state index is 0.487. The summed E-state index contributed by atoms with van der Waals surface area (Å²) in [5.74, 6) is 1.12. The van der Waals surface area contributed by atoms with E-state index in [1.54, 1.807) is 7.11 Å². The van der Waals surface area contributed by atoms with Gasteiger partial charge in [-0.15, -0.1) is 0 Å². The van der Waals surface area contributed by atoms with Crippen molar-refractivity contribution in [1.82, 2.24) is 5.32 Å². The minimum atomic E-state index is 0.487. The maximum absolute atomic E-state index is 5.13. The first-order valence-corrected chi connectivity index (χ1v) is 5.83. The standard InChI is InChI=1S/C9H19NO2S/c1-3-10-8(4-11-2)7-13-9-5-12-6-9/h8-10H,3-7H2,1-2H3. The predicted octanol–water partition coefficient (Wildman–Crippen LogP) is 0.743. The van der Waals surface area contributed by atoms with E-state index in [9.17, 15) is 0 Å². The van der Waals surface area contributed by atoms with Crippen LogP contribution < -0.4 is 5.32 Å². The van der Waals surface area contributed by atoms with E-state index >= 15 is 0 Å². The molecule has 0 aliphatic carbocycles. The Bertz CT molecular complexity index is 125. The Morgan fingerprint density at radius 1 is 1.62 bits per heavy atom. The molecule has 1 aliphatic heterocycles. The zero-order valence-corrected chi connectivity index (χ0v) is 9.23. The summed E-state index contributed by atoms with van der Waals surface area (Å²) < 4.78 is 10.2. The van der Waals surface area contributed by atoms with E-state index in [4.69, 9.17) is 9.47 Å². The van der Waals surface area contributed by atoms with Gasteiger partial charge in [0.2, 0.25) is 0 Å². The minimum Gasteiger partial charge on any atom is -0.383 e. The highest BCUT2D eigenvalue weighted by atomic mass is 32.2. The Kier molecular flexibility index (Phi) is 5.78. The molecule has 1 N–H and O–H groups in total. The summed E-state index contributed by atoms with van der Waals surface area (Å²) in [5, 5.41) is 4.12. The third kappa shape index (κ3) is 4.31. The zero-order valence-electron chi connectivity index (χ0n) is 8.41. The molecule has 0 aromatic heterocycles. The third-order valence-electron chi connectivity index (χ3n) is 2.00. The Hall–Kier alpha value is 0.230. The van der Waals surface area contributed by atoms with Gasteiger partial charge < -0.3 is 14.8 Å². The second-order valence-electron chi connectivity index (χ2n) is 3.20. The van der Waals surface area contributed by atoms with Crippen LogP contribution in [0.25, 0.3) is 0 Å². The first-order valence-electron chi connectivity index (χ1n) is 4.78. The number of hydrogen-bond donors (Lipinski definition) is 1. The summed E-state index contributed by atoms with van der Waals surface area (Å²) in [5.41, 5.74) is 0. The van der Waals surface area contributed by atoms with Crippen LogP contribution in [0.3, 0.4) is 0 Å². The fourth-order valence-corrected chi connectivity index (χ4v) is 2.32. The van der Waals surface area contributed by atoms with E-state index in [0.29, 0.717) is 6.04 Å². The number of methoxy groups -OCH3 is 1. The summed E-state index contributed by atoms with van der Waals surface area (Å²) >= 11 is 1.98. The van der Waals surface area contributed by atoms with Gasteiger partial charge in [-0.25, -0.2) is 0 Å². The topological polar surface area (TPSA) is 30.5 Å². The Morgan fingerprint density at radius 2 is 2.38 bits per heavy atom. The predicted molar refractivity (Wildman–Crippen MR) is 56.4 cm³/mol. The molecule has 1 unspecified atom stereocenters. The molecule has 0 amide bonds. The molecule has 4 heteroatoms. The smallest absolute Gasteiger partial charge is 0.0623 e. The monoisotopic (exact) mass is 205 g/mol. The molecular weight excluding hydrogens is 186 g/mol. The van der Waals surface area contributed by atoms with Crippen molar-refractivity contribution in [3.63, 3.8) is 0 Å². The molecule has 1 heterocycles. The molecular formula is C9H19NO2S. The summed E-state index contributed by atoms with van der Waals surface area (Å²) in [6, 6.07) is 0.487. The maximum Gasteiger partial charge on any atom is 0.0623 e. The number of rotatable bonds is 7. The summed E-state index contributed by atoms with van der Waals surface area (Å²) in [6.45, 7) is 5.79. The van der Waals surface area contributed by atoms with E-state index in [0.717, 1.165) is 37.4 Å². The van der Waals surface area contributed by atoms with Gasteiger partial charge in [-0.3, -0.25) is 0 Å². The molecule has 0 aromatic carbocycles. The van der Waals surface area contributed by atoms with Crippen molar-refractivity contribution >= 4 is 11.8 Å². The third-order valence-corrected chi connectivity index (χ3v) is 3.34. The molecule has 0 bridgehead atoms. The Balaban J connectivity index is 2.05. The fourth-order valence-electron chi connectivity index (χ4n) is 1.22. The molecule has 1 aliphatic rings. The van der Waals surface area contributed by atoms with Gasteiger partial charge in [-0.1, -0.05) is 6.92 Å². The van der Waals surface area contributed by atoms with Crippen LogP contribution in [0.2, 0.25) is 0 Å². The summed E-state index contributed by atoms with van der Waals surface area (Å²) in [7, 11) is 1.75. The number of likely N-dealkylation sites (N-methyl/N-ethyl adjacent to an activating group) is 1. The van der Waals surface area contributed by atoms with Gasteiger partial charge in [-0.05, 0) is 6.54 Å². The fraction of sp³-hybridized carbons (Fsp3) is 1.00. The van der Waals surface area contributed by atoms with Crippen LogP contribution in [-0.2, 0) is 9.47 Å². The van der Waals surface area contributed by atoms with Gasteiger partial charge in [0, 0.05) is 18.9 Å². The lowest BCUT2D eigenvalue weighted by atomic mass is 10.3. The molecule has 1 atom stereocenters. The van der Waals surface area contributed by atoms with E-state index in [1.807, 2.05) is 11.8 Å². The molecule has 78 valence electrons. The first kappa shape index (κ1) is 11.3.